The molecular formula is C19H25FN4O. The molecule has 1 aromatic carbocycles. The average molecular weight is 344 g/mol. The van der Waals surface area contributed by atoms with Gasteiger partial charge in [-0.25, -0.2) is 9.18 Å². The van der Waals surface area contributed by atoms with Gasteiger partial charge in [0.15, 0.2) is 0 Å². The molecule has 0 unspecified atom stereocenters. The Morgan fingerprint density at radius 2 is 2.00 bits per heavy atom. The van der Waals surface area contributed by atoms with Crippen LogP contribution >= 0.6 is 0 Å². The van der Waals surface area contributed by atoms with E-state index >= 15 is 0 Å². The van der Waals surface area contributed by atoms with Crippen LogP contribution in [0.5, 0.6) is 0 Å². The molecule has 2 amide bonds. The minimum Gasteiger partial charge on any atom is -0.338 e. The molecule has 0 aromatic heterocycles. The molecule has 0 saturated carbocycles. The normalized spacial score (nSPS) is 21.9. The van der Waals surface area contributed by atoms with Gasteiger partial charge in [-0.05, 0) is 37.8 Å². The maximum absolute atomic E-state index is 13.7. The van der Waals surface area contributed by atoms with Crippen LogP contribution in [-0.2, 0) is 6.54 Å². The van der Waals surface area contributed by atoms with E-state index in [-0.39, 0.29) is 17.8 Å². The molecule has 25 heavy (non-hydrogen) atoms. The summed E-state index contributed by atoms with van der Waals surface area (Å²) in [5, 5.41) is 11.9. The lowest BCUT2D eigenvalue weighted by Gasteiger charge is -2.29. The lowest BCUT2D eigenvalue weighted by Crippen LogP contribution is -2.45. The second-order valence-corrected chi connectivity index (χ2v) is 7.06. The number of urea groups is 1. The third-order valence-corrected chi connectivity index (χ3v) is 5.23. The SMILES string of the molecule is N#CC1CCN(C(=O)NC[C@@H]2CCN(Cc3ccccc3F)C2)CC1. The van der Waals surface area contributed by atoms with Crippen LogP contribution in [0.25, 0.3) is 0 Å². The van der Waals surface area contributed by atoms with E-state index in [4.69, 9.17) is 5.26 Å². The van der Waals surface area contributed by atoms with Crippen molar-refractivity contribution in [1.82, 2.24) is 15.1 Å². The molecule has 2 saturated heterocycles. The summed E-state index contributed by atoms with van der Waals surface area (Å²) < 4.78 is 13.7. The van der Waals surface area contributed by atoms with E-state index in [1.54, 1.807) is 11.0 Å². The highest BCUT2D eigenvalue weighted by Gasteiger charge is 2.26. The molecule has 0 bridgehead atoms. The maximum Gasteiger partial charge on any atom is 0.317 e. The van der Waals surface area contributed by atoms with Crippen LogP contribution < -0.4 is 5.32 Å². The van der Waals surface area contributed by atoms with Crippen LogP contribution in [0.15, 0.2) is 24.3 Å². The highest BCUT2D eigenvalue weighted by Crippen LogP contribution is 2.20. The monoisotopic (exact) mass is 344 g/mol. The van der Waals surface area contributed by atoms with Gasteiger partial charge >= 0.3 is 6.03 Å². The quantitative estimate of drug-likeness (QED) is 0.913. The fraction of sp³-hybridized carbons (Fsp3) is 0.579. The van der Waals surface area contributed by atoms with Crippen molar-refractivity contribution in [3.63, 3.8) is 0 Å². The molecule has 0 spiro atoms. The molecule has 134 valence electrons. The third-order valence-electron chi connectivity index (χ3n) is 5.23. The zero-order valence-corrected chi connectivity index (χ0v) is 14.5. The first-order chi connectivity index (χ1) is 12.2. The molecule has 2 aliphatic rings. The first kappa shape index (κ1) is 17.7. The number of nitrogens with zero attached hydrogens (tertiary/aromatic N) is 3. The Kier molecular flexibility index (Phi) is 5.87. The predicted octanol–water partition coefficient (Wildman–Crippen LogP) is 2.59. The van der Waals surface area contributed by atoms with Crippen molar-refractivity contribution in [3.05, 3.63) is 35.6 Å². The zero-order chi connectivity index (χ0) is 17.6. The Balaban J connectivity index is 1.39. The number of halogens is 1. The first-order valence-corrected chi connectivity index (χ1v) is 9.04. The van der Waals surface area contributed by atoms with Crippen LogP contribution in [-0.4, -0.2) is 48.6 Å². The van der Waals surface area contributed by atoms with Crippen molar-refractivity contribution < 1.29 is 9.18 Å². The molecule has 2 heterocycles. The van der Waals surface area contributed by atoms with Crippen molar-refractivity contribution >= 4 is 6.03 Å². The Morgan fingerprint density at radius 3 is 2.72 bits per heavy atom. The third kappa shape index (κ3) is 4.70. The van der Waals surface area contributed by atoms with Gasteiger partial charge in [-0.15, -0.1) is 0 Å². The number of carbonyl (C=O) groups is 1. The number of amides is 2. The molecule has 5 nitrogen and oxygen atoms in total. The molecule has 2 aliphatic heterocycles. The largest absolute Gasteiger partial charge is 0.338 e. The average Bonchev–Trinajstić information content (AvgIpc) is 3.09. The van der Waals surface area contributed by atoms with Gasteiger partial charge in [0.2, 0.25) is 0 Å². The van der Waals surface area contributed by atoms with Crippen molar-refractivity contribution in [2.75, 3.05) is 32.7 Å². The Hall–Kier alpha value is -2.13. The van der Waals surface area contributed by atoms with Gasteiger partial charge in [0.05, 0.1) is 6.07 Å². The Morgan fingerprint density at radius 1 is 1.24 bits per heavy atom. The smallest absolute Gasteiger partial charge is 0.317 e. The molecule has 0 aliphatic carbocycles. The molecular weight excluding hydrogens is 319 g/mol. The molecule has 6 heteroatoms. The molecule has 3 rings (SSSR count). The van der Waals surface area contributed by atoms with Crippen molar-refractivity contribution in [3.8, 4) is 6.07 Å². The van der Waals surface area contributed by atoms with Crippen molar-refractivity contribution in [1.29, 1.82) is 5.26 Å². The molecule has 1 atom stereocenters. The standard InChI is InChI=1S/C19H25FN4O/c20-18-4-2-1-3-17(18)14-23-8-5-16(13-23)12-22-19(25)24-9-6-15(11-21)7-10-24/h1-4,15-16H,5-10,12-14H2,(H,22,25)/t16-/m0/s1. The summed E-state index contributed by atoms with van der Waals surface area (Å²) in [6.45, 7) is 4.42. The van der Waals surface area contributed by atoms with E-state index in [0.29, 0.717) is 32.1 Å². The van der Waals surface area contributed by atoms with E-state index in [9.17, 15) is 9.18 Å². The predicted molar refractivity (Wildman–Crippen MR) is 93.1 cm³/mol. The lowest BCUT2D eigenvalue weighted by atomic mass is 9.99. The van der Waals surface area contributed by atoms with Crippen molar-refractivity contribution in [2.45, 2.75) is 25.8 Å². The van der Waals surface area contributed by atoms with E-state index in [1.165, 1.54) is 6.07 Å². The number of carbonyl (C=O) groups excluding carboxylic acids is 1. The summed E-state index contributed by atoms with van der Waals surface area (Å²) in [7, 11) is 0. The second-order valence-electron chi connectivity index (χ2n) is 7.06. The Labute approximate surface area is 148 Å². The van der Waals surface area contributed by atoms with E-state index in [0.717, 1.165) is 37.9 Å². The summed E-state index contributed by atoms with van der Waals surface area (Å²) >= 11 is 0. The minimum atomic E-state index is -0.153. The van der Waals surface area contributed by atoms with Crippen LogP contribution in [0.1, 0.15) is 24.8 Å². The summed E-state index contributed by atoms with van der Waals surface area (Å²) in [5.41, 5.74) is 0.729. The van der Waals surface area contributed by atoms with Crippen LogP contribution in [0.2, 0.25) is 0 Å². The number of rotatable bonds is 4. The van der Waals surface area contributed by atoms with E-state index in [2.05, 4.69) is 16.3 Å². The molecule has 0 radical (unpaired) electrons. The highest BCUT2D eigenvalue weighted by molar-refractivity contribution is 5.74. The summed E-state index contributed by atoms with van der Waals surface area (Å²) in [6, 6.07) is 9.15. The highest BCUT2D eigenvalue weighted by atomic mass is 19.1. The Bertz CT molecular complexity index is 637. The molecule has 1 N–H and O–H groups in total. The number of nitrogens with one attached hydrogen (secondary N) is 1. The maximum atomic E-state index is 13.7. The summed E-state index contributed by atoms with van der Waals surface area (Å²) in [4.78, 5) is 16.3. The van der Waals surface area contributed by atoms with E-state index in [1.807, 2.05) is 12.1 Å². The first-order valence-electron chi connectivity index (χ1n) is 9.04. The van der Waals surface area contributed by atoms with Gasteiger partial charge in [-0.2, -0.15) is 5.26 Å². The number of nitriles is 1. The lowest BCUT2D eigenvalue weighted by molar-refractivity contribution is 0.177. The van der Waals surface area contributed by atoms with Gasteiger partial charge in [-0.3, -0.25) is 4.90 Å². The molecule has 2 fully saturated rings. The fourth-order valence-electron chi connectivity index (χ4n) is 3.65. The second kappa shape index (κ2) is 8.30. The van der Waals surface area contributed by atoms with Gasteiger partial charge < -0.3 is 10.2 Å². The van der Waals surface area contributed by atoms with Gasteiger partial charge in [0.25, 0.3) is 0 Å². The summed E-state index contributed by atoms with van der Waals surface area (Å²) in [5.74, 6) is 0.346. The number of piperidine rings is 1. The van der Waals surface area contributed by atoms with Crippen LogP contribution in [0.4, 0.5) is 9.18 Å². The van der Waals surface area contributed by atoms with Crippen LogP contribution in [0.3, 0.4) is 0 Å². The minimum absolute atomic E-state index is 0.0241. The van der Waals surface area contributed by atoms with Gasteiger partial charge in [0.1, 0.15) is 5.82 Å². The fourth-order valence-corrected chi connectivity index (χ4v) is 3.65. The number of benzene rings is 1. The van der Waals surface area contributed by atoms with Gasteiger partial charge in [-0.1, -0.05) is 18.2 Å². The van der Waals surface area contributed by atoms with Crippen molar-refractivity contribution in [2.24, 2.45) is 11.8 Å². The zero-order valence-electron chi connectivity index (χ0n) is 14.5. The van der Waals surface area contributed by atoms with Gasteiger partial charge in [0, 0.05) is 44.2 Å². The number of hydrogen-bond acceptors (Lipinski definition) is 3. The topological polar surface area (TPSA) is 59.4 Å². The number of likely N-dealkylation sites (tertiary alicyclic amines) is 2. The summed E-state index contributed by atoms with van der Waals surface area (Å²) in [6.07, 6.45) is 2.55. The molecule has 1 aromatic rings. The van der Waals surface area contributed by atoms with E-state index < -0.39 is 0 Å². The van der Waals surface area contributed by atoms with Crippen LogP contribution in [0, 0.1) is 29.0 Å². The number of hydrogen-bond donors (Lipinski definition) is 1.